The van der Waals surface area contributed by atoms with E-state index in [0.717, 1.165) is 17.3 Å². The molecular weight excluding hydrogens is 293 g/mol. The van der Waals surface area contributed by atoms with Crippen molar-refractivity contribution >= 4 is 34.8 Å². The van der Waals surface area contributed by atoms with Crippen LogP contribution in [0.4, 0.5) is 11.6 Å². The van der Waals surface area contributed by atoms with Gasteiger partial charge in [0.15, 0.2) is 0 Å². The Morgan fingerprint density at radius 3 is 2.75 bits per heavy atom. The second kappa shape index (κ2) is 5.66. The van der Waals surface area contributed by atoms with Crippen LogP contribution in [0.15, 0.2) is 24.4 Å². The van der Waals surface area contributed by atoms with E-state index in [1.807, 2.05) is 13.0 Å². The van der Waals surface area contributed by atoms with E-state index in [1.165, 1.54) is 25.7 Å². The first-order chi connectivity index (χ1) is 9.63. The van der Waals surface area contributed by atoms with E-state index in [2.05, 4.69) is 21.1 Å². The maximum Gasteiger partial charge on any atom is 0.207 e. The molecule has 0 atom stereocenters. The number of halogens is 2. The van der Waals surface area contributed by atoms with Gasteiger partial charge in [-0.05, 0) is 38.0 Å². The molecule has 1 heterocycles. The third kappa shape index (κ3) is 2.79. The van der Waals surface area contributed by atoms with Crippen LogP contribution in [0.1, 0.15) is 37.4 Å². The highest BCUT2D eigenvalue weighted by atomic mass is 35.5. The number of nitrogens with zero attached hydrogens (tertiary/aromatic N) is 2. The molecule has 1 saturated carbocycles. The molecule has 5 heteroatoms. The minimum Gasteiger partial charge on any atom is -0.324 e. The molecule has 1 aliphatic rings. The summed E-state index contributed by atoms with van der Waals surface area (Å²) >= 11 is 12.2. The molecule has 0 radical (unpaired) electrons. The summed E-state index contributed by atoms with van der Waals surface area (Å²) in [5.74, 6) is 0.846. The van der Waals surface area contributed by atoms with Crippen LogP contribution in [-0.2, 0) is 0 Å². The van der Waals surface area contributed by atoms with E-state index in [9.17, 15) is 0 Å². The van der Waals surface area contributed by atoms with Crippen LogP contribution in [0, 0.1) is 6.92 Å². The summed E-state index contributed by atoms with van der Waals surface area (Å²) in [4.78, 5) is 4.57. The lowest BCUT2D eigenvalue weighted by molar-refractivity contribution is 0.524. The molecule has 0 unspecified atom stereocenters. The van der Waals surface area contributed by atoms with Crippen LogP contribution in [0.25, 0.3) is 0 Å². The lowest BCUT2D eigenvalue weighted by atomic mass is 10.2. The van der Waals surface area contributed by atoms with Crippen molar-refractivity contribution in [3.05, 3.63) is 40.1 Å². The summed E-state index contributed by atoms with van der Waals surface area (Å²) in [6.45, 7) is 2.01. The van der Waals surface area contributed by atoms with Gasteiger partial charge in [0.25, 0.3) is 0 Å². The first kappa shape index (κ1) is 13.8. The lowest BCUT2D eigenvalue weighted by Crippen LogP contribution is -2.08. The summed E-state index contributed by atoms with van der Waals surface area (Å²) in [6.07, 6.45) is 7.12. The van der Waals surface area contributed by atoms with Gasteiger partial charge in [-0.3, -0.25) is 0 Å². The molecule has 1 fully saturated rings. The van der Waals surface area contributed by atoms with Crippen LogP contribution in [0.2, 0.25) is 10.0 Å². The van der Waals surface area contributed by atoms with Gasteiger partial charge < -0.3 is 9.88 Å². The molecule has 0 spiro atoms. The number of aromatic nitrogens is 2. The number of imidazole rings is 1. The van der Waals surface area contributed by atoms with E-state index >= 15 is 0 Å². The Kier molecular flexibility index (Phi) is 3.90. The van der Waals surface area contributed by atoms with Crippen molar-refractivity contribution in [1.29, 1.82) is 0 Å². The number of hydrogen-bond donors (Lipinski definition) is 1. The number of aryl methyl sites for hydroxylation is 1. The second-order valence-corrected chi connectivity index (χ2v) is 6.14. The topological polar surface area (TPSA) is 29.9 Å². The SMILES string of the molecule is Cc1cn(C2CCCC2)c(Nc2cc(Cl)ccc2Cl)n1. The molecule has 3 rings (SSSR count). The quantitative estimate of drug-likeness (QED) is 0.827. The van der Waals surface area contributed by atoms with E-state index in [1.54, 1.807) is 12.1 Å². The standard InChI is InChI=1S/C15H17Cl2N3/c1-10-9-20(12-4-2-3-5-12)15(18-10)19-14-8-11(16)6-7-13(14)17/h6-9,12H,2-5H2,1H3,(H,18,19). The Hall–Kier alpha value is -1.19. The molecule has 106 valence electrons. The molecule has 20 heavy (non-hydrogen) atoms. The van der Waals surface area contributed by atoms with Crippen molar-refractivity contribution in [2.24, 2.45) is 0 Å². The largest absolute Gasteiger partial charge is 0.324 e. The minimum atomic E-state index is 0.539. The van der Waals surface area contributed by atoms with Crippen molar-refractivity contribution in [2.45, 2.75) is 38.6 Å². The molecule has 1 aromatic heterocycles. The van der Waals surface area contributed by atoms with Gasteiger partial charge in [-0.15, -0.1) is 0 Å². The third-order valence-corrected chi connectivity index (χ3v) is 4.31. The summed E-state index contributed by atoms with van der Waals surface area (Å²) in [5, 5.41) is 4.62. The zero-order valence-corrected chi connectivity index (χ0v) is 12.9. The fraction of sp³-hybridized carbons (Fsp3) is 0.400. The molecule has 1 aromatic carbocycles. The highest BCUT2D eigenvalue weighted by Crippen LogP contribution is 2.34. The molecule has 0 aliphatic heterocycles. The van der Waals surface area contributed by atoms with Crippen LogP contribution < -0.4 is 5.32 Å². The van der Waals surface area contributed by atoms with Gasteiger partial charge in [0, 0.05) is 17.3 Å². The van der Waals surface area contributed by atoms with Crippen LogP contribution in [0.3, 0.4) is 0 Å². The summed E-state index contributed by atoms with van der Waals surface area (Å²) < 4.78 is 2.24. The smallest absolute Gasteiger partial charge is 0.207 e. The predicted octanol–water partition coefficient (Wildman–Crippen LogP) is 5.36. The minimum absolute atomic E-state index is 0.539. The molecular formula is C15H17Cl2N3. The molecule has 1 N–H and O–H groups in total. The van der Waals surface area contributed by atoms with Crippen molar-refractivity contribution < 1.29 is 0 Å². The molecule has 3 nitrogen and oxygen atoms in total. The van der Waals surface area contributed by atoms with Crippen molar-refractivity contribution in [3.8, 4) is 0 Å². The average Bonchev–Trinajstić information content (AvgIpc) is 3.03. The molecule has 0 bridgehead atoms. The van der Waals surface area contributed by atoms with Crippen molar-refractivity contribution in [3.63, 3.8) is 0 Å². The third-order valence-electron chi connectivity index (χ3n) is 3.75. The summed E-state index contributed by atoms with van der Waals surface area (Å²) in [5.41, 5.74) is 1.81. The Morgan fingerprint density at radius 1 is 1.25 bits per heavy atom. The Bertz CT molecular complexity index is 616. The van der Waals surface area contributed by atoms with Gasteiger partial charge in [-0.2, -0.15) is 0 Å². The number of rotatable bonds is 3. The van der Waals surface area contributed by atoms with Crippen LogP contribution >= 0.6 is 23.2 Å². The number of hydrogen-bond acceptors (Lipinski definition) is 2. The van der Waals surface area contributed by atoms with E-state index in [4.69, 9.17) is 23.2 Å². The molecule has 2 aromatic rings. The van der Waals surface area contributed by atoms with Gasteiger partial charge in [-0.25, -0.2) is 4.98 Å². The predicted molar refractivity (Wildman–Crippen MR) is 84.2 cm³/mol. The molecule has 0 amide bonds. The van der Waals surface area contributed by atoms with Gasteiger partial charge in [-0.1, -0.05) is 36.0 Å². The maximum absolute atomic E-state index is 6.21. The highest BCUT2D eigenvalue weighted by molar-refractivity contribution is 6.35. The monoisotopic (exact) mass is 309 g/mol. The van der Waals surface area contributed by atoms with Gasteiger partial charge in [0.05, 0.1) is 16.4 Å². The first-order valence-corrected chi connectivity index (χ1v) is 7.66. The van der Waals surface area contributed by atoms with E-state index in [-0.39, 0.29) is 0 Å². The van der Waals surface area contributed by atoms with Crippen molar-refractivity contribution in [2.75, 3.05) is 5.32 Å². The van der Waals surface area contributed by atoms with Crippen LogP contribution in [0.5, 0.6) is 0 Å². The van der Waals surface area contributed by atoms with E-state index < -0.39 is 0 Å². The van der Waals surface area contributed by atoms with E-state index in [0.29, 0.717) is 16.1 Å². The second-order valence-electron chi connectivity index (χ2n) is 5.30. The normalized spacial score (nSPS) is 15.8. The van der Waals surface area contributed by atoms with Crippen molar-refractivity contribution in [1.82, 2.24) is 9.55 Å². The Labute approximate surface area is 128 Å². The maximum atomic E-state index is 6.21. The Balaban J connectivity index is 1.92. The lowest BCUT2D eigenvalue weighted by Gasteiger charge is -2.16. The fourth-order valence-corrected chi connectivity index (χ4v) is 3.12. The number of anilines is 2. The molecule has 0 saturated heterocycles. The first-order valence-electron chi connectivity index (χ1n) is 6.91. The highest BCUT2D eigenvalue weighted by Gasteiger charge is 2.20. The van der Waals surface area contributed by atoms with Gasteiger partial charge >= 0.3 is 0 Å². The summed E-state index contributed by atoms with van der Waals surface area (Å²) in [7, 11) is 0. The van der Waals surface area contributed by atoms with Crippen LogP contribution in [-0.4, -0.2) is 9.55 Å². The fourth-order valence-electron chi connectivity index (χ4n) is 2.78. The Morgan fingerprint density at radius 2 is 2.00 bits per heavy atom. The zero-order chi connectivity index (χ0) is 14.1. The molecule has 1 aliphatic carbocycles. The van der Waals surface area contributed by atoms with Gasteiger partial charge in [0.2, 0.25) is 5.95 Å². The number of nitrogens with one attached hydrogen (secondary N) is 1. The number of benzene rings is 1. The summed E-state index contributed by atoms with van der Waals surface area (Å²) in [6, 6.07) is 5.94. The average molecular weight is 310 g/mol. The zero-order valence-electron chi connectivity index (χ0n) is 11.4. The van der Waals surface area contributed by atoms with Gasteiger partial charge in [0.1, 0.15) is 0 Å².